The zero-order valence-electron chi connectivity index (χ0n) is 12.8. The third kappa shape index (κ3) is 6.56. The van der Waals surface area contributed by atoms with E-state index in [0.717, 1.165) is 0 Å². The molecule has 0 aliphatic carbocycles. The van der Waals surface area contributed by atoms with E-state index in [1.54, 1.807) is 5.32 Å². The van der Waals surface area contributed by atoms with Crippen LogP contribution in [0.3, 0.4) is 0 Å². The standard InChI is InChI=1S/C15H16F3N3O3/c1-2-24-14(23)7-12(15(16,17)18)21-13(22)9-20-11-5-3-10(8-19)4-6-11/h3-6,12,20H,2,7,9H2,1H3,(H,21,22). The molecule has 0 aromatic heterocycles. The third-order valence-corrected chi connectivity index (χ3v) is 2.87. The van der Waals surface area contributed by atoms with Gasteiger partial charge in [-0.2, -0.15) is 18.4 Å². The number of hydrogen-bond acceptors (Lipinski definition) is 5. The van der Waals surface area contributed by atoms with Crippen molar-refractivity contribution in [2.45, 2.75) is 25.6 Å². The molecule has 0 aliphatic heterocycles. The van der Waals surface area contributed by atoms with Gasteiger partial charge in [-0.15, -0.1) is 0 Å². The molecule has 1 unspecified atom stereocenters. The van der Waals surface area contributed by atoms with Gasteiger partial charge in [0.2, 0.25) is 5.91 Å². The van der Waals surface area contributed by atoms with E-state index in [0.29, 0.717) is 11.3 Å². The summed E-state index contributed by atoms with van der Waals surface area (Å²) in [6.45, 7) is 1.01. The van der Waals surface area contributed by atoms with Crippen LogP contribution in [0.5, 0.6) is 0 Å². The summed E-state index contributed by atoms with van der Waals surface area (Å²) in [5.74, 6) is -1.97. The molecule has 9 heteroatoms. The Morgan fingerprint density at radius 1 is 1.29 bits per heavy atom. The van der Waals surface area contributed by atoms with Crippen LogP contribution in [-0.2, 0) is 14.3 Å². The molecule has 1 atom stereocenters. The smallest absolute Gasteiger partial charge is 0.409 e. The van der Waals surface area contributed by atoms with Crippen molar-refractivity contribution in [1.82, 2.24) is 5.32 Å². The largest absolute Gasteiger partial charge is 0.466 e. The van der Waals surface area contributed by atoms with Crippen LogP contribution in [0.2, 0.25) is 0 Å². The van der Waals surface area contributed by atoms with Crippen molar-refractivity contribution in [3.05, 3.63) is 29.8 Å². The summed E-state index contributed by atoms with van der Waals surface area (Å²) in [4.78, 5) is 22.9. The highest BCUT2D eigenvalue weighted by atomic mass is 19.4. The number of rotatable bonds is 7. The Morgan fingerprint density at radius 3 is 2.42 bits per heavy atom. The summed E-state index contributed by atoms with van der Waals surface area (Å²) in [6, 6.07) is 5.64. The lowest BCUT2D eigenvalue weighted by atomic mass is 10.2. The van der Waals surface area contributed by atoms with Crippen molar-refractivity contribution < 1.29 is 27.5 Å². The zero-order valence-corrected chi connectivity index (χ0v) is 12.8. The van der Waals surface area contributed by atoms with Gasteiger partial charge in [-0.05, 0) is 31.2 Å². The van der Waals surface area contributed by atoms with E-state index in [1.165, 1.54) is 31.2 Å². The number of alkyl halides is 3. The first kappa shape index (κ1) is 19.3. The normalized spacial score (nSPS) is 12.0. The van der Waals surface area contributed by atoms with Crippen LogP contribution >= 0.6 is 0 Å². The summed E-state index contributed by atoms with van der Waals surface area (Å²) in [5, 5.41) is 13.0. The molecule has 6 nitrogen and oxygen atoms in total. The third-order valence-electron chi connectivity index (χ3n) is 2.87. The monoisotopic (exact) mass is 343 g/mol. The molecule has 0 heterocycles. The second kappa shape index (κ2) is 8.76. The molecule has 1 rings (SSSR count). The van der Waals surface area contributed by atoms with Gasteiger partial charge < -0.3 is 15.4 Å². The van der Waals surface area contributed by atoms with Gasteiger partial charge in [0.1, 0.15) is 6.04 Å². The van der Waals surface area contributed by atoms with Crippen LogP contribution < -0.4 is 10.6 Å². The van der Waals surface area contributed by atoms with Crippen LogP contribution in [-0.4, -0.2) is 37.2 Å². The number of carbonyl (C=O) groups excluding carboxylic acids is 2. The molecule has 1 aromatic rings. The first-order valence-electron chi connectivity index (χ1n) is 7.02. The van der Waals surface area contributed by atoms with Gasteiger partial charge >= 0.3 is 12.1 Å². The maximum absolute atomic E-state index is 12.9. The fraction of sp³-hybridized carbons (Fsp3) is 0.400. The van der Waals surface area contributed by atoms with Gasteiger partial charge in [0.15, 0.2) is 0 Å². The Bertz CT molecular complexity index is 609. The number of esters is 1. The van der Waals surface area contributed by atoms with E-state index in [9.17, 15) is 22.8 Å². The van der Waals surface area contributed by atoms with E-state index in [4.69, 9.17) is 5.26 Å². The molecule has 2 N–H and O–H groups in total. The average molecular weight is 343 g/mol. The molecule has 0 aliphatic rings. The van der Waals surface area contributed by atoms with Crippen molar-refractivity contribution in [3.63, 3.8) is 0 Å². The van der Waals surface area contributed by atoms with E-state index in [2.05, 4.69) is 10.1 Å². The van der Waals surface area contributed by atoms with E-state index in [-0.39, 0.29) is 6.61 Å². The molecule has 24 heavy (non-hydrogen) atoms. The Kier molecular flexibility index (Phi) is 7.04. The second-order valence-corrected chi connectivity index (χ2v) is 4.71. The van der Waals surface area contributed by atoms with Crippen LogP contribution in [0, 0.1) is 11.3 Å². The van der Waals surface area contributed by atoms with Crippen molar-refractivity contribution in [2.24, 2.45) is 0 Å². The molecule has 0 saturated heterocycles. The molecular formula is C15H16F3N3O3. The molecule has 1 amide bonds. The van der Waals surface area contributed by atoms with Crippen molar-refractivity contribution in [3.8, 4) is 6.07 Å². The number of nitriles is 1. The van der Waals surface area contributed by atoms with Gasteiger partial charge in [0, 0.05) is 5.69 Å². The first-order chi connectivity index (χ1) is 11.3. The number of anilines is 1. The van der Waals surface area contributed by atoms with Crippen molar-refractivity contribution >= 4 is 17.6 Å². The number of hydrogen-bond donors (Lipinski definition) is 2. The number of nitrogens with one attached hydrogen (secondary N) is 2. The molecule has 0 saturated carbocycles. The quantitative estimate of drug-likeness (QED) is 0.739. The molecule has 1 aromatic carbocycles. The Labute approximate surface area is 136 Å². The number of amides is 1. The minimum atomic E-state index is -4.77. The van der Waals surface area contributed by atoms with E-state index < -0.39 is 37.1 Å². The summed E-state index contributed by atoms with van der Waals surface area (Å²) in [5.41, 5.74) is 0.884. The lowest BCUT2D eigenvalue weighted by molar-refractivity contribution is -0.171. The van der Waals surface area contributed by atoms with Crippen LogP contribution in [0.4, 0.5) is 18.9 Å². The fourth-order valence-corrected chi connectivity index (χ4v) is 1.73. The topological polar surface area (TPSA) is 91.2 Å². The SMILES string of the molecule is CCOC(=O)CC(NC(=O)CNc1ccc(C#N)cc1)C(F)(F)F. The summed E-state index contributed by atoms with van der Waals surface area (Å²) in [6.07, 6.45) is -5.75. The summed E-state index contributed by atoms with van der Waals surface area (Å²) in [7, 11) is 0. The fourth-order valence-electron chi connectivity index (χ4n) is 1.73. The molecule has 0 bridgehead atoms. The molecular weight excluding hydrogens is 327 g/mol. The summed E-state index contributed by atoms with van der Waals surface area (Å²) < 4.78 is 43.0. The number of nitrogens with zero attached hydrogens (tertiary/aromatic N) is 1. The van der Waals surface area contributed by atoms with E-state index in [1.807, 2.05) is 6.07 Å². The minimum Gasteiger partial charge on any atom is -0.466 e. The van der Waals surface area contributed by atoms with Crippen LogP contribution in [0.15, 0.2) is 24.3 Å². The highest BCUT2D eigenvalue weighted by Crippen LogP contribution is 2.23. The minimum absolute atomic E-state index is 0.0440. The highest BCUT2D eigenvalue weighted by Gasteiger charge is 2.42. The predicted molar refractivity (Wildman–Crippen MR) is 78.9 cm³/mol. The summed E-state index contributed by atoms with van der Waals surface area (Å²) >= 11 is 0. The van der Waals surface area contributed by atoms with Gasteiger partial charge in [0.25, 0.3) is 0 Å². The van der Waals surface area contributed by atoms with Crippen LogP contribution in [0.25, 0.3) is 0 Å². The highest BCUT2D eigenvalue weighted by molar-refractivity contribution is 5.82. The van der Waals surface area contributed by atoms with E-state index >= 15 is 0 Å². The van der Waals surface area contributed by atoms with Crippen molar-refractivity contribution in [1.29, 1.82) is 5.26 Å². The molecule has 130 valence electrons. The average Bonchev–Trinajstić information content (AvgIpc) is 2.52. The molecule has 0 radical (unpaired) electrons. The Hall–Kier alpha value is -2.76. The lowest BCUT2D eigenvalue weighted by Gasteiger charge is -2.21. The van der Waals surface area contributed by atoms with Crippen molar-refractivity contribution in [2.75, 3.05) is 18.5 Å². The number of halogens is 3. The van der Waals surface area contributed by atoms with Gasteiger partial charge in [-0.3, -0.25) is 9.59 Å². The second-order valence-electron chi connectivity index (χ2n) is 4.71. The Morgan fingerprint density at radius 2 is 1.92 bits per heavy atom. The maximum Gasteiger partial charge on any atom is 0.409 e. The lowest BCUT2D eigenvalue weighted by Crippen LogP contribution is -2.48. The van der Waals surface area contributed by atoms with Crippen LogP contribution in [0.1, 0.15) is 18.9 Å². The van der Waals surface area contributed by atoms with Gasteiger partial charge in [0.05, 0.1) is 31.2 Å². The first-order valence-corrected chi connectivity index (χ1v) is 7.02. The maximum atomic E-state index is 12.9. The Balaban J connectivity index is 2.57. The molecule has 0 spiro atoms. The van der Waals surface area contributed by atoms with Gasteiger partial charge in [-0.1, -0.05) is 0 Å². The molecule has 0 fully saturated rings. The predicted octanol–water partition coefficient (Wildman–Crippen LogP) is 1.97. The number of benzene rings is 1. The zero-order chi connectivity index (χ0) is 18.2. The number of ether oxygens (including phenoxy) is 1. The van der Waals surface area contributed by atoms with Gasteiger partial charge in [-0.25, -0.2) is 0 Å². The number of carbonyl (C=O) groups is 2.